The van der Waals surface area contributed by atoms with Gasteiger partial charge in [-0.05, 0) is 18.2 Å². The molecule has 1 aliphatic heterocycles. The second-order valence-corrected chi connectivity index (χ2v) is 6.90. The molecule has 3 rings (SSSR count). The highest BCUT2D eigenvalue weighted by Gasteiger charge is 2.23. The highest BCUT2D eigenvalue weighted by atomic mass is 79.9. The van der Waals surface area contributed by atoms with E-state index in [0.717, 1.165) is 28.8 Å². The van der Waals surface area contributed by atoms with Gasteiger partial charge in [-0.25, -0.2) is 0 Å². The third-order valence-electron chi connectivity index (χ3n) is 4.04. The van der Waals surface area contributed by atoms with Gasteiger partial charge in [0.15, 0.2) is 0 Å². The van der Waals surface area contributed by atoms with Crippen LogP contribution in [0.1, 0.15) is 22.3 Å². The topological polar surface area (TPSA) is 89.5 Å². The summed E-state index contributed by atoms with van der Waals surface area (Å²) < 4.78 is 0. The molecule has 0 saturated heterocycles. The smallest absolute Gasteiger partial charge is 0.274 e. The Balaban J connectivity index is 0.000000187. The molecule has 0 atom stereocenters. The minimum atomic E-state index is -0.358. The van der Waals surface area contributed by atoms with Gasteiger partial charge >= 0.3 is 0 Å². The number of nitro groups is 2. The lowest BCUT2D eigenvalue weighted by Crippen LogP contribution is -2.07. The molecule has 0 spiro atoms. The Morgan fingerprint density at radius 1 is 0.962 bits per heavy atom. The second-order valence-electron chi connectivity index (χ2n) is 5.78. The molecule has 138 valence electrons. The lowest BCUT2D eigenvalue weighted by atomic mass is 10.1. The number of rotatable bonds is 4. The van der Waals surface area contributed by atoms with Crippen molar-refractivity contribution in [2.45, 2.75) is 23.7 Å². The zero-order chi connectivity index (χ0) is 19.3. The average molecular weight is 487 g/mol. The van der Waals surface area contributed by atoms with E-state index in [1.165, 1.54) is 6.07 Å². The van der Waals surface area contributed by atoms with Gasteiger partial charge in [-0.2, -0.15) is 0 Å². The van der Waals surface area contributed by atoms with Crippen molar-refractivity contribution in [1.29, 1.82) is 0 Å². The first kappa shape index (κ1) is 20.5. The summed E-state index contributed by atoms with van der Waals surface area (Å²) in [5.74, 6) is 0. The summed E-state index contributed by atoms with van der Waals surface area (Å²) in [6, 6.07) is 10.3. The molecule has 0 amide bonds. The van der Waals surface area contributed by atoms with E-state index < -0.39 is 0 Å². The molecular formula is C17H17Br2N3O4. The molecule has 0 N–H and O–H groups in total. The number of hydrogen-bond acceptors (Lipinski definition) is 5. The Hall–Kier alpha value is -1.84. The van der Waals surface area contributed by atoms with Gasteiger partial charge in [0.05, 0.1) is 9.85 Å². The van der Waals surface area contributed by atoms with Crippen LogP contribution in [-0.2, 0) is 23.7 Å². The first-order valence-electron chi connectivity index (χ1n) is 7.69. The molecule has 7 nitrogen and oxygen atoms in total. The van der Waals surface area contributed by atoms with Crippen molar-refractivity contribution < 1.29 is 9.85 Å². The average Bonchev–Trinajstić information content (AvgIpc) is 3.01. The molecule has 0 fully saturated rings. The molecule has 1 heterocycles. The van der Waals surface area contributed by atoms with Crippen molar-refractivity contribution in [2.75, 3.05) is 7.05 Å². The largest absolute Gasteiger partial charge is 0.298 e. The zero-order valence-corrected chi connectivity index (χ0v) is 17.2. The summed E-state index contributed by atoms with van der Waals surface area (Å²) in [4.78, 5) is 22.7. The summed E-state index contributed by atoms with van der Waals surface area (Å²) in [5.41, 5.74) is 4.07. The first-order valence-corrected chi connectivity index (χ1v) is 9.94. The molecule has 0 radical (unpaired) electrons. The molecule has 0 unspecified atom stereocenters. The van der Waals surface area contributed by atoms with Crippen LogP contribution in [0, 0.1) is 20.2 Å². The Labute approximate surface area is 167 Å². The van der Waals surface area contributed by atoms with Crippen molar-refractivity contribution in [3.8, 4) is 0 Å². The Morgan fingerprint density at radius 3 is 2.15 bits per heavy atom. The molecule has 0 aromatic heterocycles. The maximum Gasteiger partial charge on any atom is 0.274 e. The van der Waals surface area contributed by atoms with E-state index in [1.807, 2.05) is 19.2 Å². The highest BCUT2D eigenvalue weighted by Crippen LogP contribution is 2.29. The molecule has 0 bridgehead atoms. The van der Waals surface area contributed by atoms with Crippen molar-refractivity contribution in [1.82, 2.24) is 4.90 Å². The lowest BCUT2D eigenvalue weighted by molar-refractivity contribution is -0.385. The number of halogens is 2. The monoisotopic (exact) mass is 485 g/mol. The van der Waals surface area contributed by atoms with Crippen LogP contribution in [0.15, 0.2) is 36.4 Å². The fourth-order valence-corrected chi connectivity index (χ4v) is 3.98. The summed E-state index contributed by atoms with van der Waals surface area (Å²) in [7, 11) is 1.96. The maximum atomic E-state index is 10.7. The Bertz CT molecular complexity index is 830. The van der Waals surface area contributed by atoms with Crippen LogP contribution >= 0.6 is 31.9 Å². The van der Waals surface area contributed by atoms with Gasteiger partial charge in [0, 0.05) is 47.0 Å². The van der Waals surface area contributed by atoms with E-state index in [-0.39, 0.29) is 21.2 Å². The van der Waals surface area contributed by atoms with Crippen LogP contribution in [-0.4, -0.2) is 21.8 Å². The molecule has 0 saturated carbocycles. The summed E-state index contributed by atoms with van der Waals surface area (Å²) in [5, 5.41) is 22.4. The predicted molar refractivity (Wildman–Crippen MR) is 107 cm³/mol. The number of nitrogens with zero attached hydrogens (tertiary/aromatic N) is 3. The Morgan fingerprint density at radius 2 is 1.58 bits per heavy atom. The highest BCUT2D eigenvalue weighted by molar-refractivity contribution is 9.09. The number of alkyl halides is 2. The quantitative estimate of drug-likeness (QED) is 0.347. The van der Waals surface area contributed by atoms with Crippen LogP contribution in [0.3, 0.4) is 0 Å². The van der Waals surface area contributed by atoms with Crippen molar-refractivity contribution in [3.05, 3.63) is 78.9 Å². The summed E-state index contributed by atoms with van der Waals surface area (Å²) in [6.07, 6.45) is 0. The van der Waals surface area contributed by atoms with E-state index >= 15 is 0 Å². The van der Waals surface area contributed by atoms with Crippen LogP contribution in [0.4, 0.5) is 11.4 Å². The fraction of sp³-hybridized carbons (Fsp3) is 0.294. The normalized spacial score (nSPS) is 12.9. The molecule has 26 heavy (non-hydrogen) atoms. The minimum Gasteiger partial charge on any atom is -0.298 e. The Kier molecular flexibility index (Phi) is 7.24. The van der Waals surface area contributed by atoms with Crippen LogP contribution in [0.5, 0.6) is 0 Å². The van der Waals surface area contributed by atoms with Crippen LogP contribution in [0.25, 0.3) is 0 Å². The second kappa shape index (κ2) is 9.20. The lowest BCUT2D eigenvalue weighted by Gasteiger charge is -2.03. The van der Waals surface area contributed by atoms with Gasteiger partial charge in [0.1, 0.15) is 0 Å². The maximum absolute atomic E-state index is 10.7. The zero-order valence-electron chi connectivity index (χ0n) is 14.0. The van der Waals surface area contributed by atoms with Gasteiger partial charge in [0.2, 0.25) is 0 Å². The van der Waals surface area contributed by atoms with Gasteiger partial charge < -0.3 is 0 Å². The van der Waals surface area contributed by atoms with E-state index in [1.54, 1.807) is 18.2 Å². The van der Waals surface area contributed by atoms with E-state index in [4.69, 9.17) is 0 Å². The third kappa shape index (κ3) is 4.66. The molecule has 2 aromatic carbocycles. The van der Waals surface area contributed by atoms with Gasteiger partial charge in [0.25, 0.3) is 11.4 Å². The minimum absolute atomic E-state index is 0.175. The number of nitro benzene ring substituents is 2. The number of fused-ring (bicyclic) bond motifs is 1. The molecule has 1 aliphatic rings. The molecule has 2 aromatic rings. The van der Waals surface area contributed by atoms with Gasteiger partial charge in [-0.1, -0.05) is 56.1 Å². The molecule has 9 heteroatoms. The van der Waals surface area contributed by atoms with E-state index in [9.17, 15) is 20.2 Å². The summed E-state index contributed by atoms with van der Waals surface area (Å²) >= 11 is 6.53. The predicted octanol–water partition coefficient (Wildman–Crippen LogP) is 4.92. The molecule has 0 aliphatic carbocycles. The van der Waals surface area contributed by atoms with Crippen molar-refractivity contribution >= 4 is 43.2 Å². The third-order valence-corrected chi connectivity index (χ3v) is 5.20. The number of benzene rings is 2. The SMILES string of the molecule is CN1Cc2cccc([N+](=O)[O-])c2C1.O=[N+]([O-])c1cccc(CBr)c1CBr. The van der Waals surface area contributed by atoms with Crippen molar-refractivity contribution in [3.63, 3.8) is 0 Å². The van der Waals surface area contributed by atoms with E-state index in [0.29, 0.717) is 17.2 Å². The van der Waals surface area contributed by atoms with Gasteiger partial charge in [-0.3, -0.25) is 25.1 Å². The summed E-state index contributed by atoms with van der Waals surface area (Å²) in [6.45, 7) is 1.50. The van der Waals surface area contributed by atoms with Crippen molar-refractivity contribution in [2.24, 2.45) is 0 Å². The van der Waals surface area contributed by atoms with Gasteiger partial charge in [-0.15, -0.1) is 0 Å². The van der Waals surface area contributed by atoms with Crippen LogP contribution < -0.4 is 0 Å². The van der Waals surface area contributed by atoms with Crippen LogP contribution in [0.2, 0.25) is 0 Å². The fourth-order valence-electron chi connectivity index (χ4n) is 2.81. The number of hydrogen-bond donors (Lipinski definition) is 0. The standard InChI is InChI=1S/C9H10N2O2.C8H7Br2NO2/c1-10-5-7-3-2-4-9(11(12)13)8(7)6-10;9-4-6-2-1-3-8(11(12)13)7(6)5-10/h2-4H,5-6H2,1H3;1-3H,4-5H2. The van der Waals surface area contributed by atoms with E-state index in [2.05, 4.69) is 36.8 Å². The first-order chi connectivity index (χ1) is 12.4. The molecular weight excluding hydrogens is 470 g/mol.